The van der Waals surface area contributed by atoms with E-state index in [0.717, 1.165) is 48.9 Å². The van der Waals surface area contributed by atoms with Crippen LogP contribution in [0.2, 0.25) is 0 Å². The Kier molecular flexibility index (Phi) is 4.64. The van der Waals surface area contributed by atoms with Gasteiger partial charge in [0.1, 0.15) is 5.82 Å². The fourth-order valence-corrected chi connectivity index (χ4v) is 4.28. The summed E-state index contributed by atoms with van der Waals surface area (Å²) in [5.74, 6) is -0.193. The molecule has 136 valence electrons. The van der Waals surface area contributed by atoms with E-state index in [4.69, 9.17) is 0 Å². The van der Waals surface area contributed by atoms with Crippen molar-refractivity contribution in [3.05, 3.63) is 70.4 Å². The smallest absolute Gasteiger partial charge is 0.306 e. The minimum absolute atomic E-state index is 0.0183. The molecular weight excluding hydrogens is 329 g/mol. The number of nitrogens with zero attached hydrogens (tertiary/aromatic N) is 2. The van der Waals surface area contributed by atoms with Crippen molar-refractivity contribution >= 4 is 11.0 Å². The number of hydrogen-bond acceptors (Lipinski definition) is 2. The fourth-order valence-electron chi connectivity index (χ4n) is 4.28. The predicted octanol–water partition coefficient (Wildman–Crippen LogP) is 4.26. The summed E-state index contributed by atoms with van der Waals surface area (Å²) < 4.78 is 15.1. The number of likely N-dealkylation sites (tertiary alicyclic amines) is 1. The Labute approximate surface area is 152 Å². The third kappa shape index (κ3) is 3.07. The van der Waals surface area contributed by atoms with Crippen LogP contribution in [-0.4, -0.2) is 27.5 Å². The number of halogens is 1. The van der Waals surface area contributed by atoms with E-state index < -0.39 is 0 Å². The molecule has 1 fully saturated rings. The minimum atomic E-state index is -0.193. The molecular formula is C21H24FN3O. The van der Waals surface area contributed by atoms with Crippen LogP contribution in [0.1, 0.15) is 43.8 Å². The van der Waals surface area contributed by atoms with Crippen LogP contribution >= 0.6 is 0 Å². The molecule has 0 spiro atoms. The number of aromatic amines is 1. The van der Waals surface area contributed by atoms with E-state index in [0.29, 0.717) is 6.04 Å². The molecule has 1 saturated heterocycles. The van der Waals surface area contributed by atoms with Gasteiger partial charge in [0.25, 0.3) is 0 Å². The first-order valence-electron chi connectivity index (χ1n) is 9.36. The summed E-state index contributed by atoms with van der Waals surface area (Å²) in [6.07, 6.45) is 2.88. The maximum absolute atomic E-state index is 13.2. The lowest BCUT2D eigenvalue weighted by Gasteiger charge is -2.37. The van der Waals surface area contributed by atoms with Crippen molar-refractivity contribution in [3.8, 4) is 0 Å². The van der Waals surface area contributed by atoms with Gasteiger partial charge in [-0.25, -0.2) is 9.18 Å². The van der Waals surface area contributed by atoms with Gasteiger partial charge in [-0.1, -0.05) is 31.2 Å². The molecule has 0 radical (unpaired) electrons. The highest BCUT2D eigenvalue weighted by molar-refractivity contribution is 5.75. The van der Waals surface area contributed by atoms with Gasteiger partial charge >= 0.3 is 5.69 Å². The maximum atomic E-state index is 13.2. The largest absolute Gasteiger partial charge is 0.326 e. The number of para-hydroxylation sites is 2. The quantitative estimate of drug-likeness (QED) is 0.761. The lowest BCUT2D eigenvalue weighted by molar-refractivity contribution is 0.131. The molecule has 0 amide bonds. The molecule has 5 heteroatoms. The van der Waals surface area contributed by atoms with Crippen LogP contribution < -0.4 is 5.69 Å². The highest BCUT2D eigenvalue weighted by Gasteiger charge is 2.27. The number of piperidine rings is 1. The Morgan fingerprint density at radius 2 is 1.81 bits per heavy atom. The van der Waals surface area contributed by atoms with Crippen molar-refractivity contribution in [2.45, 2.75) is 38.3 Å². The average molecular weight is 353 g/mol. The number of aromatic nitrogens is 2. The van der Waals surface area contributed by atoms with Gasteiger partial charge in [-0.15, -0.1) is 0 Å². The van der Waals surface area contributed by atoms with Crippen molar-refractivity contribution in [2.24, 2.45) is 0 Å². The average Bonchev–Trinajstić information content (AvgIpc) is 3.00. The summed E-state index contributed by atoms with van der Waals surface area (Å²) in [5, 5.41) is 0. The van der Waals surface area contributed by atoms with Crippen LogP contribution in [-0.2, 0) is 0 Å². The number of imidazole rings is 1. The molecule has 2 aromatic carbocycles. The number of nitrogens with one attached hydrogen (secondary N) is 1. The summed E-state index contributed by atoms with van der Waals surface area (Å²) in [6.45, 7) is 4.04. The fraction of sp³-hybridized carbons (Fsp3) is 0.381. The van der Waals surface area contributed by atoms with Gasteiger partial charge in [0.2, 0.25) is 0 Å². The molecule has 1 aromatic heterocycles. The van der Waals surface area contributed by atoms with E-state index in [2.05, 4.69) is 16.8 Å². The van der Waals surface area contributed by atoms with Crippen molar-refractivity contribution in [1.29, 1.82) is 0 Å². The van der Waals surface area contributed by atoms with E-state index >= 15 is 0 Å². The van der Waals surface area contributed by atoms with E-state index in [1.807, 2.05) is 41.0 Å². The number of hydrogen-bond donors (Lipinski definition) is 1. The monoisotopic (exact) mass is 353 g/mol. The summed E-state index contributed by atoms with van der Waals surface area (Å²) in [7, 11) is 0. The Hall–Kier alpha value is -2.40. The number of fused-ring (bicyclic) bond motifs is 1. The normalized spacial score (nSPS) is 17.6. The summed E-state index contributed by atoms with van der Waals surface area (Å²) >= 11 is 0. The van der Waals surface area contributed by atoms with Crippen LogP contribution in [0.15, 0.2) is 53.3 Å². The summed E-state index contributed by atoms with van der Waals surface area (Å²) in [4.78, 5) is 17.8. The maximum Gasteiger partial charge on any atom is 0.326 e. The molecule has 1 aliphatic heterocycles. The lowest BCUT2D eigenvalue weighted by Crippen LogP contribution is -2.39. The van der Waals surface area contributed by atoms with Gasteiger partial charge in [0.05, 0.1) is 11.0 Å². The van der Waals surface area contributed by atoms with E-state index in [-0.39, 0.29) is 17.5 Å². The molecule has 0 saturated carbocycles. The van der Waals surface area contributed by atoms with Crippen molar-refractivity contribution < 1.29 is 4.39 Å². The van der Waals surface area contributed by atoms with E-state index in [9.17, 15) is 9.18 Å². The molecule has 4 rings (SSSR count). The molecule has 3 aromatic rings. The van der Waals surface area contributed by atoms with Gasteiger partial charge in [-0.05, 0) is 49.1 Å². The topological polar surface area (TPSA) is 41.0 Å². The Bertz CT molecular complexity index is 936. The first-order chi connectivity index (χ1) is 12.7. The van der Waals surface area contributed by atoms with Gasteiger partial charge < -0.3 is 4.98 Å². The molecule has 1 unspecified atom stereocenters. The zero-order valence-corrected chi connectivity index (χ0v) is 15.0. The van der Waals surface area contributed by atoms with Gasteiger partial charge in [0.15, 0.2) is 0 Å². The second-order valence-corrected chi connectivity index (χ2v) is 7.06. The molecule has 2 heterocycles. The Morgan fingerprint density at radius 1 is 1.12 bits per heavy atom. The number of rotatable bonds is 4. The van der Waals surface area contributed by atoms with Crippen LogP contribution in [0.5, 0.6) is 0 Å². The standard InChI is InChI=1S/C21H24FN3O/c1-2-19(15-7-9-16(22)10-8-15)24-13-11-17(12-14-24)25-20-6-4-3-5-18(20)23-21(25)26/h3-10,17,19H,2,11-14H2,1H3,(H,23,26). The first kappa shape index (κ1) is 17.0. The highest BCUT2D eigenvalue weighted by Crippen LogP contribution is 2.31. The van der Waals surface area contributed by atoms with Gasteiger partial charge in [-0.2, -0.15) is 0 Å². The second-order valence-electron chi connectivity index (χ2n) is 7.06. The van der Waals surface area contributed by atoms with Crippen LogP contribution in [0.3, 0.4) is 0 Å². The van der Waals surface area contributed by atoms with E-state index in [1.54, 1.807) is 0 Å². The summed E-state index contributed by atoms with van der Waals surface area (Å²) in [6, 6.07) is 15.3. The lowest BCUT2D eigenvalue weighted by atomic mass is 9.97. The zero-order chi connectivity index (χ0) is 18.1. The minimum Gasteiger partial charge on any atom is -0.306 e. The van der Waals surface area contributed by atoms with Crippen molar-refractivity contribution in [1.82, 2.24) is 14.5 Å². The molecule has 4 nitrogen and oxygen atoms in total. The van der Waals surface area contributed by atoms with Crippen LogP contribution in [0.4, 0.5) is 4.39 Å². The zero-order valence-electron chi connectivity index (χ0n) is 15.0. The molecule has 1 atom stereocenters. The molecule has 1 aliphatic rings. The summed E-state index contributed by atoms with van der Waals surface area (Å²) in [5.41, 5.74) is 3.03. The second kappa shape index (κ2) is 7.08. The van der Waals surface area contributed by atoms with Gasteiger partial charge in [0, 0.05) is 25.2 Å². The Morgan fingerprint density at radius 3 is 2.50 bits per heavy atom. The van der Waals surface area contributed by atoms with Crippen LogP contribution in [0, 0.1) is 5.82 Å². The van der Waals surface area contributed by atoms with Crippen molar-refractivity contribution in [2.75, 3.05) is 13.1 Å². The van der Waals surface area contributed by atoms with E-state index in [1.165, 1.54) is 12.1 Å². The molecule has 0 aliphatic carbocycles. The molecule has 0 bridgehead atoms. The molecule has 26 heavy (non-hydrogen) atoms. The Balaban J connectivity index is 1.52. The third-order valence-electron chi connectivity index (χ3n) is 5.57. The number of H-pyrrole nitrogens is 1. The molecule has 1 N–H and O–H groups in total. The number of benzene rings is 2. The van der Waals surface area contributed by atoms with Gasteiger partial charge in [-0.3, -0.25) is 9.47 Å². The SMILES string of the molecule is CCC(c1ccc(F)cc1)N1CCC(n2c(=O)[nH]c3ccccc32)CC1. The van der Waals surface area contributed by atoms with Crippen molar-refractivity contribution in [3.63, 3.8) is 0 Å². The first-order valence-corrected chi connectivity index (χ1v) is 9.36. The highest BCUT2D eigenvalue weighted by atomic mass is 19.1. The van der Waals surface area contributed by atoms with Crippen LogP contribution in [0.25, 0.3) is 11.0 Å². The predicted molar refractivity (Wildman–Crippen MR) is 102 cm³/mol. The third-order valence-corrected chi connectivity index (χ3v) is 5.57.